The summed E-state index contributed by atoms with van der Waals surface area (Å²) in [6.45, 7) is 2.40. The molecule has 0 heterocycles. The number of anilines is 1. The van der Waals surface area contributed by atoms with Gasteiger partial charge in [-0.05, 0) is 37.3 Å². The van der Waals surface area contributed by atoms with E-state index in [0.29, 0.717) is 18.0 Å². The lowest BCUT2D eigenvalue weighted by atomic mass is 10.1. The molecule has 0 saturated heterocycles. The van der Waals surface area contributed by atoms with Gasteiger partial charge in [0.2, 0.25) is 0 Å². The van der Waals surface area contributed by atoms with E-state index >= 15 is 0 Å². The van der Waals surface area contributed by atoms with E-state index in [1.807, 2.05) is 6.92 Å². The molecule has 8 heteroatoms. The minimum absolute atomic E-state index is 0.0341. The second kappa shape index (κ2) is 8.02. The Morgan fingerprint density at radius 2 is 2.00 bits per heavy atom. The Bertz CT molecular complexity index is 779. The Balaban J connectivity index is 2.06. The van der Waals surface area contributed by atoms with Crippen LogP contribution in [0, 0.1) is 10.1 Å². The van der Waals surface area contributed by atoms with Gasteiger partial charge in [0.25, 0.3) is 11.6 Å². The first-order chi connectivity index (χ1) is 11.5. The van der Waals surface area contributed by atoms with Crippen molar-refractivity contribution in [1.82, 2.24) is 5.32 Å². The zero-order valence-electron chi connectivity index (χ0n) is 12.8. The van der Waals surface area contributed by atoms with Crippen molar-refractivity contribution in [3.63, 3.8) is 0 Å². The summed E-state index contributed by atoms with van der Waals surface area (Å²) in [4.78, 5) is 22.5. The molecule has 0 aromatic heterocycles. The molecule has 124 valence electrons. The van der Waals surface area contributed by atoms with E-state index in [2.05, 4.69) is 10.6 Å². The molecule has 0 fully saturated rings. The van der Waals surface area contributed by atoms with E-state index in [4.69, 9.17) is 17.0 Å². The Morgan fingerprint density at radius 3 is 2.71 bits per heavy atom. The van der Waals surface area contributed by atoms with Gasteiger partial charge in [-0.1, -0.05) is 18.2 Å². The molecule has 1 amide bonds. The van der Waals surface area contributed by atoms with E-state index in [-0.39, 0.29) is 16.4 Å². The third-order valence-electron chi connectivity index (χ3n) is 2.98. The van der Waals surface area contributed by atoms with Gasteiger partial charge in [0.05, 0.1) is 11.5 Å². The van der Waals surface area contributed by atoms with Crippen molar-refractivity contribution in [2.75, 3.05) is 11.9 Å². The minimum Gasteiger partial charge on any atom is -0.494 e. The van der Waals surface area contributed by atoms with Crippen molar-refractivity contribution >= 4 is 34.6 Å². The van der Waals surface area contributed by atoms with Crippen LogP contribution in [0.25, 0.3) is 0 Å². The van der Waals surface area contributed by atoms with Crippen LogP contribution in [0.3, 0.4) is 0 Å². The standard InChI is InChI=1S/C16H15N3O4S/c1-2-23-12-7-5-6-11(10-12)17-16(24)18-15(20)13-8-3-4-9-14(13)19(21)22/h3-10H,2H2,1H3,(H2,17,18,20,24). The number of hydrogen-bond acceptors (Lipinski definition) is 5. The highest BCUT2D eigenvalue weighted by Crippen LogP contribution is 2.18. The largest absolute Gasteiger partial charge is 0.494 e. The second-order valence-electron chi connectivity index (χ2n) is 4.64. The van der Waals surface area contributed by atoms with Gasteiger partial charge in [0.15, 0.2) is 5.11 Å². The molecule has 0 saturated carbocycles. The van der Waals surface area contributed by atoms with Crippen LogP contribution >= 0.6 is 12.2 Å². The summed E-state index contributed by atoms with van der Waals surface area (Å²) in [7, 11) is 0. The van der Waals surface area contributed by atoms with Crippen LogP contribution in [0.2, 0.25) is 0 Å². The zero-order valence-corrected chi connectivity index (χ0v) is 13.6. The van der Waals surface area contributed by atoms with Crippen molar-refractivity contribution in [2.45, 2.75) is 6.92 Å². The zero-order chi connectivity index (χ0) is 17.5. The van der Waals surface area contributed by atoms with Gasteiger partial charge in [-0.3, -0.25) is 20.2 Å². The maximum absolute atomic E-state index is 12.2. The maximum atomic E-state index is 12.2. The number of rotatable bonds is 5. The van der Waals surface area contributed by atoms with Gasteiger partial charge in [-0.25, -0.2) is 0 Å². The number of nitrogens with zero attached hydrogens (tertiary/aromatic N) is 1. The number of para-hydroxylation sites is 1. The molecule has 0 aliphatic rings. The molecular formula is C16H15N3O4S. The average molecular weight is 345 g/mol. The summed E-state index contributed by atoms with van der Waals surface area (Å²) in [5, 5.41) is 16.3. The Hall–Kier alpha value is -3.00. The quantitative estimate of drug-likeness (QED) is 0.491. The normalized spacial score (nSPS) is 9.88. The molecule has 7 nitrogen and oxygen atoms in total. The lowest BCUT2D eigenvalue weighted by Gasteiger charge is -2.11. The van der Waals surface area contributed by atoms with Crippen LogP contribution in [0.5, 0.6) is 5.75 Å². The highest BCUT2D eigenvalue weighted by atomic mass is 32.1. The number of nitro groups is 1. The topological polar surface area (TPSA) is 93.5 Å². The summed E-state index contributed by atoms with van der Waals surface area (Å²) >= 11 is 5.08. The molecule has 0 unspecified atom stereocenters. The second-order valence-corrected chi connectivity index (χ2v) is 5.05. The summed E-state index contributed by atoms with van der Waals surface area (Å²) < 4.78 is 5.37. The van der Waals surface area contributed by atoms with Crippen molar-refractivity contribution in [2.24, 2.45) is 0 Å². The number of hydrogen-bond donors (Lipinski definition) is 2. The number of carbonyl (C=O) groups is 1. The van der Waals surface area contributed by atoms with Gasteiger partial charge >= 0.3 is 0 Å². The molecule has 0 atom stereocenters. The predicted molar refractivity (Wildman–Crippen MR) is 94.4 cm³/mol. The lowest BCUT2D eigenvalue weighted by Crippen LogP contribution is -2.34. The molecule has 0 aliphatic carbocycles. The van der Waals surface area contributed by atoms with Crippen LogP contribution in [-0.2, 0) is 0 Å². The fourth-order valence-corrected chi connectivity index (χ4v) is 2.20. The Morgan fingerprint density at radius 1 is 1.25 bits per heavy atom. The number of ether oxygens (including phenoxy) is 1. The highest BCUT2D eigenvalue weighted by molar-refractivity contribution is 7.80. The van der Waals surface area contributed by atoms with Crippen LogP contribution in [0.4, 0.5) is 11.4 Å². The number of benzene rings is 2. The molecule has 2 aromatic carbocycles. The summed E-state index contributed by atoms with van der Waals surface area (Å²) in [5.74, 6) is 0.0103. The van der Waals surface area contributed by atoms with Gasteiger partial charge < -0.3 is 10.1 Å². The number of nitrogens with one attached hydrogen (secondary N) is 2. The first-order valence-corrected chi connectivity index (χ1v) is 7.50. The summed E-state index contributed by atoms with van der Waals surface area (Å²) in [6, 6.07) is 12.7. The SMILES string of the molecule is CCOc1cccc(NC(=S)NC(=O)c2ccccc2[N+](=O)[O-])c1. The van der Waals surface area contributed by atoms with Crippen molar-refractivity contribution in [1.29, 1.82) is 0 Å². The van der Waals surface area contributed by atoms with Crippen molar-refractivity contribution in [3.05, 3.63) is 64.2 Å². The number of thiocarbonyl (C=S) groups is 1. The van der Waals surface area contributed by atoms with Crippen LogP contribution < -0.4 is 15.4 Å². The van der Waals surface area contributed by atoms with Gasteiger partial charge in [0.1, 0.15) is 11.3 Å². The van der Waals surface area contributed by atoms with E-state index < -0.39 is 10.8 Å². The van der Waals surface area contributed by atoms with Gasteiger partial charge in [-0.2, -0.15) is 0 Å². The molecule has 2 N–H and O–H groups in total. The fourth-order valence-electron chi connectivity index (χ4n) is 1.99. The van der Waals surface area contributed by atoms with Crippen molar-refractivity contribution in [3.8, 4) is 5.75 Å². The summed E-state index contributed by atoms with van der Waals surface area (Å²) in [6.07, 6.45) is 0. The minimum atomic E-state index is -0.652. The Kier molecular flexibility index (Phi) is 5.80. The fraction of sp³-hybridized carbons (Fsp3) is 0.125. The molecule has 24 heavy (non-hydrogen) atoms. The molecule has 2 aromatic rings. The Labute approximate surface area is 143 Å². The third kappa shape index (κ3) is 4.50. The number of carbonyl (C=O) groups excluding carboxylic acids is 1. The molecule has 0 bridgehead atoms. The maximum Gasteiger partial charge on any atom is 0.282 e. The van der Waals surface area contributed by atoms with Crippen LogP contribution in [-0.4, -0.2) is 22.5 Å². The average Bonchev–Trinajstić information content (AvgIpc) is 2.55. The van der Waals surface area contributed by atoms with Crippen molar-refractivity contribution < 1.29 is 14.5 Å². The van der Waals surface area contributed by atoms with Gasteiger partial charge in [0, 0.05) is 17.8 Å². The summed E-state index contributed by atoms with van der Waals surface area (Å²) in [5.41, 5.74) is 0.291. The van der Waals surface area contributed by atoms with E-state index in [9.17, 15) is 14.9 Å². The molecule has 0 spiro atoms. The highest BCUT2D eigenvalue weighted by Gasteiger charge is 2.19. The van der Waals surface area contributed by atoms with E-state index in [1.165, 1.54) is 18.2 Å². The van der Waals surface area contributed by atoms with Gasteiger partial charge in [-0.15, -0.1) is 0 Å². The molecule has 0 aliphatic heterocycles. The molecular weight excluding hydrogens is 330 g/mol. The number of amides is 1. The predicted octanol–water partition coefficient (Wildman–Crippen LogP) is 3.12. The van der Waals surface area contributed by atoms with E-state index in [0.717, 1.165) is 0 Å². The van der Waals surface area contributed by atoms with E-state index in [1.54, 1.807) is 30.3 Å². The molecule has 2 rings (SSSR count). The van der Waals surface area contributed by atoms with Crippen LogP contribution in [0.1, 0.15) is 17.3 Å². The number of nitro benzene ring substituents is 1. The first kappa shape index (κ1) is 17.4. The monoisotopic (exact) mass is 345 g/mol. The lowest BCUT2D eigenvalue weighted by molar-refractivity contribution is -0.385. The smallest absolute Gasteiger partial charge is 0.282 e. The van der Waals surface area contributed by atoms with Crippen LogP contribution in [0.15, 0.2) is 48.5 Å². The first-order valence-electron chi connectivity index (χ1n) is 7.10. The molecule has 0 radical (unpaired) electrons. The third-order valence-corrected chi connectivity index (χ3v) is 3.18.